The number of fused-ring (bicyclic) bond motifs is 1. The summed E-state index contributed by atoms with van der Waals surface area (Å²) in [5.74, 6) is 0.151. The van der Waals surface area contributed by atoms with Crippen molar-refractivity contribution >= 4 is 28.2 Å². The monoisotopic (exact) mass is 402 g/mol. The Morgan fingerprint density at radius 2 is 1.67 bits per heavy atom. The molecular formula is C23H23FN6. The smallest absolute Gasteiger partial charge is 0.167 e. The molecule has 0 radical (unpaired) electrons. The van der Waals surface area contributed by atoms with Crippen molar-refractivity contribution in [2.75, 3.05) is 29.5 Å². The zero-order chi connectivity index (χ0) is 20.7. The van der Waals surface area contributed by atoms with Crippen molar-refractivity contribution in [2.24, 2.45) is 0 Å². The van der Waals surface area contributed by atoms with Gasteiger partial charge in [0.2, 0.25) is 0 Å². The molecule has 4 N–H and O–H groups in total. The molecule has 0 atom stereocenters. The van der Waals surface area contributed by atoms with E-state index in [1.807, 2.05) is 41.1 Å². The van der Waals surface area contributed by atoms with Crippen molar-refractivity contribution in [3.63, 3.8) is 0 Å². The molecule has 0 bridgehead atoms. The van der Waals surface area contributed by atoms with E-state index in [9.17, 15) is 4.39 Å². The molecule has 1 fully saturated rings. The molecule has 5 rings (SSSR count). The highest BCUT2D eigenvalue weighted by atomic mass is 19.1. The van der Waals surface area contributed by atoms with Crippen molar-refractivity contribution in [2.45, 2.75) is 19.3 Å². The fourth-order valence-electron chi connectivity index (χ4n) is 4.08. The number of hydrogen-bond donors (Lipinski definition) is 2. The molecule has 1 aliphatic rings. The van der Waals surface area contributed by atoms with Crippen LogP contribution < -0.4 is 16.4 Å². The molecule has 0 unspecified atom stereocenters. The molecule has 0 amide bonds. The van der Waals surface area contributed by atoms with Gasteiger partial charge >= 0.3 is 0 Å². The minimum atomic E-state index is -0.465. The van der Waals surface area contributed by atoms with Gasteiger partial charge in [0.15, 0.2) is 5.65 Å². The van der Waals surface area contributed by atoms with Crippen LogP contribution in [0, 0.1) is 5.82 Å². The molecule has 0 spiro atoms. The lowest BCUT2D eigenvalue weighted by Crippen LogP contribution is -2.29. The van der Waals surface area contributed by atoms with Crippen molar-refractivity contribution < 1.29 is 4.39 Å². The molecule has 1 saturated heterocycles. The van der Waals surface area contributed by atoms with Gasteiger partial charge in [-0.2, -0.15) is 0 Å². The van der Waals surface area contributed by atoms with Gasteiger partial charge in [0, 0.05) is 36.2 Å². The Balaban J connectivity index is 1.77. The Hall–Kier alpha value is -3.61. The van der Waals surface area contributed by atoms with Crippen LogP contribution in [0.5, 0.6) is 0 Å². The number of anilines is 3. The molecule has 0 aliphatic carbocycles. The number of aromatic nitrogens is 3. The lowest BCUT2D eigenvalue weighted by Gasteiger charge is -2.28. The minimum absolute atomic E-state index is 0.112. The van der Waals surface area contributed by atoms with Gasteiger partial charge in [-0.1, -0.05) is 0 Å². The predicted molar refractivity (Wildman–Crippen MR) is 119 cm³/mol. The first-order valence-corrected chi connectivity index (χ1v) is 10.2. The molecule has 30 heavy (non-hydrogen) atoms. The second-order valence-corrected chi connectivity index (χ2v) is 7.65. The first-order valence-electron chi connectivity index (χ1n) is 10.2. The summed E-state index contributed by atoms with van der Waals surface area (Å²) in [6.45, 7) is 2.00. The summed E-state index contributed by atoms with van der Waals surface area (Å²) in [6, 6.07) is 14.3. The summed E-state index contributed by atoms with van der Waals surface area (Å²) in [6.07, 6.45) is 5.40. The van der Waals surface area contributed by atoms with Gasteiger partial charge < -0.3 is 16.4 Å². The lowest BCUT2D eigenvalue weighted by atomic mass is 10.1. The van der Waals surface area contributed by atoms with Crippen molar-refractivity contribution in [3.05, 3.63) is 60.5 Å². The summed E-state index contributed by atoms with van der Waals surface area (Å²) in [5.41, 5.74) is 16.5. The first kappa shape index (κ1) is 18.4. The van der Waals surface area contributed by atoms with Crippen LogP contribution in [-0.2, 0) is 0 Å². The summed E-state index contributed by atoms with van der Waals surface area (Å²) in [5, 5.41) is 0. The van der Waals surface area contributed by atoms with E-state index in [4.69, 9.17) is 16.5 Å². The van der Waals surface area contributed by atoms with Crippen LogP contribution in [0.4, 0.5) is 21.5 Å². The van der Waals surface area contributed by atoms with Crippen LogP contribution in [0.3, 0.4) is 0 Å². The zero-order valence-electron chi connectivity index (χ0n) is 16.6. The SMILES string of the molecule is Nc1ccc(-n2c(-c3ccc(N)c(F)c3)nc3c(N4CCCCC4)ccnc32)cc1. The third-order valence-electron chi connectivity index (χ3n) is 5.63. The van der Waals surface area contributed by atoms with Crippen LogP contribution in [0.1, 0.15) is 19.3 Å². The summed E-state index contributed by atoms with van der Waals surface area (Å²) in [4.78, 5) is 12.0. The number of hydrogen-bond acceptors (Lipinski definition) is 5. The molecule has 2 aromatic carbocycles. The van der Waals surface area contributed by atoms with E-state index >= 15 is 0 Å². The zero-order valence-corrected chi connectivity index (χ0v) is 16.6. The maximum absolute atomic E-state index is 14.3. The highest BCUT2D eigenvalue weighted by Gasteiger charge is 2.21. The van der Waals surface area contributed by atoms with Gasteiger partial charge in [-0.25, -0.2) is 14.4 Å². The third kappa shape index (κ3) is 3.12. The lowest BCUT2D eigenvalue weighted by molar-refractivity contribution is 0.578. The van der Waals surface area contributed by atoms with E-state index in [-0.39, 0.29) is 5.69 Å². The Kier molecular flexibility index (Phi) is 4.50. The number of rotatable bonds is 3. The molecule has 4 aromatic rings. The van der Waals surface area contributed by atoms with E-state index in [0.29, 0.717) is 17.1 Å². The highest BCUT2D eigenvalue weighted by molar-refractivity contribution is 5.90. The van der Waals surface area contributed by atoms with Crippen LogP contribution in [0.15, 0.2) is 54.7 Å². The summed E-state index contributed by atoms with van der Waals surface area (Å²) >= 11 is 0. The highest BCUT2D eigenvalue weighted by Crippen LogP contribution is 2.34. The van der Waals surface area contributed by atoms with Gasteiger partial charge in [0.1, 0.15) is 17.2 Å². The second-order valence-electron chi connectivity index (χ2n) is 7.65. The van der Waals surface area contributed by atoms with E-state index in [1.54, 1.807) is 12.1 Å². The molecule has 7 heteroatoms. The van der Waals surface area contributed by atoms with Gasteiger partial charge in [0.05, 0.1) is 11.4 Å². The van der Waals surface area contributed by atoms with Gasteiger partial charge in [-0.15, -0.1) is 0 Å². The Morgan fingerprint density at radius 1 is 0.900 bits per heavy atom. The number of pyridine rings is 1. The van der Waals surface area contributed by atoms with E-state index in [1.165, 1.54) is 25.3 Å². The van der Waals surface area contributed by atoms with E-state index in [0.717, 1.165) is 35.6 Å². The van der Waals surface area contributed by atoms with Crippen molar-refractivity contribution in [1.29, 1.82) is 0 Å². The van der Waals surface area contributed by atoms with Crippen LogP contribution in [-0.4, -0.2) is 27.6 Å². The molecule has 2 aromatic heterocycles. The molecular weight excluding hydrogens is 379 g/mol. The summed E-state index contributed by atoms with van der Waals surface area (Å²) in [7, 11) is 0. The minimum Gasteiger partial charge on any atom is -0.399 e. The number of nitrogen functional groups attached to an aromatic ring is 2. The maximum atomic E-state index is 14.3. The van der Waals surface area contributed by atoms with Crippen LogP contribution in [0.25, 0.3) is 28.2 Å². The topological polar surface area (TPSA) is 86.0 Å². The number of imidazole rings is 1. The average Bonchev–Trinajstić information content (AvgIpc) is 3.16. The molecule has 1 aliphatic heterocycles. The predicted octanol–water partition coefficient (Wildman–Crippen LogP) is 4.38. The van der Waals surface area contributed by atoms with Crippen molar-refractivity contribution in [3.8, 4) is 17.1 Å². The Labute approximate surface area is 174 Å². The van der Waals surface area contributed by atoms with E-state index in [2.05, 4.69) is 9.88 Å². The van der Waals surface area contributed by atoms with Gasteiger partial charge in [-0.05, 0) is 67.8 Å². The largest absolute Gasteiger partial charge is 0.399 e. The van der Waals surface area contributed by atoms with E-state index < -0.39 is 5.82 Å². The Morgan fingerprint density at radius 3 is 2.40 bits per heavy atom. The molecule has 0 saturated carbocycles. The molecule has 152 valence electrons. The summed E-state index contributed by atoms with van der Waals surface area (Å²) < 4.78 is 16.2. The third-order valence-corrected chi connectivity index (χ3v) is 5.63. The van der Waals surface area contributed by atoms with Gasteiger partial charge in [0.25, 0.3) is 0 Å². The van der Waals surface area contributed by atoms with Gasteiger partial charge in [-0.3, -0.25) is 4.57 Å². The number of nitrogens with two attached hydrogens (primary N) is 2. The average molecular weight is 402 g/mol. The fourth-order valence-corrected chi connectivity index (χ4v) is 4.08. The normalized spacial score (nSPS) is 14.4. The fraction of sp³-hybridized carbons (Fsp3) is 0.217. The molecule has 3 heterocycles. The maximum Gasteiger partial charge on any atom is 0.167 e. The molecule has 6 nitrogen and oxygen atoms in total. The first-order chi connectivity index (χ1) is 14.6. The number of benzene rings is 2. The van der Waals surface area contributed by atoms with Crippen LogP contribution >= 0.6 is 0 Å². The van der Waals surface area contributed by atoms with Crippen molar-refractivity contribution in [1.82, 2.24) is 14.5 Å². The number of piperidine rings is 1. The Bertz CT molecular complexity index is 1210. The quantitative estimate of drug-likeness (QED) is 0.497. The standard InChI is InChI=1S/C23H23FN6/c24-18-14-15(4-9-19(18)26)22-28-21-20(29-12-2-1-3-13-29)10-11-27-23(21)30(22)17-7-5-16(25)6-8-17/h4-11,14H,1-3,12-13,25-26H2. The second kappa shape index (κ2) is 7.33. The number of nitrogens with zero attached hydrogens (tertiary/aromatic N) is 4. The van der Waals surface area contributed by atoms with Crippen LogP contribution in [0.2, 0.25) is 0 Å². The number of halogens is 1.